The van der Waals surface area contributed by atoms with E-state index in [1.54, 1.807) is 0 Å². The molecule has 0 aliphatic heterocycles. The lowest BCUT2D eigenvalue weighted by atomic mass is 9.88. The molecule has 0 amide bonds. The van der Waals surface area contributed by atoms with Crippen LogP contribution in [0.3, 0.4) is 0 Å². The first-order valence-corrected chi connectivity index (χ1v) is 11.5. The summed E-state index contributed by atoms with van der Waals surface area (Å²) in [6.45, 7) is 0. The first-order chi connectivity index (χ1) is 16.1. The molecule has 0 spiro atoms. The van der Waals surface area contributed by atoms with Crippen LogP contribution in [0.1, 0.15) is 30.8 Å². The van der Waals surface area contributed by atoms with Gasteiger partial charge in [0.1, 0.15) is 23.0 Å². The third-order valence-corrected chi connectivity index (χ3v) is 6.30. The Bertz CT molecular complexity index is 1280. The summed E-state index contributed by atoms with van der Waals surface area (Å²) in [6, 6.07) is 22.5. The molecule has 164 valence electrons. The molecular formula is C28H20Cl2O3. The van der Waals surface area contributed by atoms with Crippen molar-refractivity contribution in [3.05, 3.63) is 106 Å². The van der Waals surface area contributed by atoms with Gasteiger partial charge in [0.2, 0.25) is 0 Å². The van der Waals surface area contributed by atoms with Crippen molar-refractivity contribution in [2.75, 3.05) is 0 Å². The molecule has 2 aromatic carbocycles. The second-order valence-corrected chi connectivity index (χ2v) is 8.70. The molecule has 0 radical (unpaired) electrons. The smallest absolute Gasteiger partial charge is 0.185 e. The molecule has 1 saturated carbocycles. The Morgan fingerprint density at radius 3 is 1.55 bits per heavy atom. The Labute approximate surface area is 201 Å². The van der Waals surface area contributed by atoms with Crippen LogP contribution < -0.4 is 0 Å². The number of allylic oxidation sites excluding steroid dienone is 2. The van der Waals surface area contributed by atoms with Gasteiger partial charge in [-0.15, -0.1) is 0 Å². The third kappa shape index (κ3) is 4.61. The van der Waals surface area contributed by atoms with Gasteiger partial charge in [-0.1, -0.05) is 47.5 Å². The molecule has 5 heteroatoms. The largest absolute Gasteiger partial charge is 0.457 e. The predicted molar refractivity (Wildman–Crippen MR) is 133 cm³/mol. The maximum atomic E-state index is 13.1. The average molecular weight is 475 g/mol. The van der Waals surface area contributed by atoms with E-state index >= 15 is 0 Å². The van der Waals surface area contributed by atoms with Crippen LogP contribution in [0.4, 0.5) is 0 Å². The Kier molecular flexibility index (Phi) is 6.08. The zero-order valence-corrected chi connectivity index (χ0v) is 19.2. The number of Topliss-reactive ketones (excluding diaryl/α,β-unsaturated/α-hetero) is 1. The Balaban J connectivity index is 1.38. The SMILES string of the molecule is O=C1C(=Cc2ccc(-c3ccccc3Cl)o2)CCCC1=Cc1ccc(-c2ccccc2Cl)o1. The number of ketones is 1. The van der Waals surface area contributed by atoms with Crippen molar-refractivity contribution < 1.29 is 13.6 Å². The van der Waals surface area contributed by atoms with Crippen molar-refractivity contribution in [1.82, 2.24) is 0 Å². The normalized spacial score (nSPS) is 16.6. The summed E-state index contributed by atoms with van der Waals surface area (Å²) in [5.41, 5.74) is 3.11. The summed E-state index contributed by atoms with van der Waals surface area (Å²) in [5.74, 6) is 2.64. The minimum atomic E-state index is 0.0210. The van der Waals surface area contributed by atoms with E-state index < -0.39 is 0 Å². The van der Waals surface area contributed by atoms with E-state index in [4.69, 9.17) is 32.0 Å². The zero-order valence-electron chi connectivity index (χ0n) is 17.7. The molecule has 0 bridgehead atoms. The maximum absolute atomic E-state index is 13.1. The Hall–Kier alpha value is -3.27. The van der Waals surface area contributed by atoms with Gasteiger partial charge in [-0.2, -0.15) is 0 Å². The van der Waals surface area contributed by atoms with Crippen molar-refractivity contribution in [1.29, 1.82) is 0 Å². The highest BCUT2D eigenvalue weighted by molar-refractivity contribution is 6.33. The summed E-state index contributed by atoms with van der Waals surface area (Å²) in [6.07, 6.45) is 5.96. The highest BCUT2D eigenvalue weighted by Gasteiger charge is 2.22. The van der Waals surface area contributed by atoms with Crippen molar-refractivity contribution in [2.24, 2.45) is 0 Å². The molecule has 2 aromatic heterocycles. The molecule has 2 heterocycles. The molecule has 3 nitrogen and oxygen atoms in total. The van der Waals surface area contributed by atoms with E-state index in [-0.39, 0.29) is 5.78 Å². The molecule has 0 saturated heterocycles. The molecule has 5 rings (SSSR count). The highest BCUT2D eigenvalue weighted by atomic mass is 35.5. The van der Waals surface area contributed by atoms with Crippen LogP contribution >= 0.6 is 23.2 Å². The quantitative estimate of drug-likeness (QED) is 0.277. The number of benzene rings is 2. The van der Waals surface area contributed by atoms with E-state index in [1.165, 1.54) is 0 Å². The van der Waals surface area contributed by atoms with Gasteiger partial charge in [-0.05, 0) is 79.9 Å². The lowest BCUT2D eigenvalue weighted by Gasteiger charge is -2.15. The second-order valence-electron chi connectivity index (χ2n) is 7.89. The van der Waals surface area contributed by atoms with Crippen LogP contribution in [0.15, 0.2) is 92.8 Å². The molecule has 0 atom stereocenters. The Morgan fingerprint density at radius 2 is 1.09 bits per heavy atom. The van der Waals surface area contributed by atoms with Crippen molar-refractivity contribution in [3.63, 3.8) is 0 Å². The molecule has 4 aromatic rings. The van der Waals surface area contributed by atoms with E-state index in [1.807, 2.05) is 84.9 Å². The number of hydrogen-bond acceptors (Lipinski definition) is 3. The number of rotatable bonds is 4. The third-order valence-electron chi connectivity index (χ3n) is 5.64. The second kappa shape index (κ2) is 9.30. The summed E-state index contributed by atoms with van der Waals surface area (Å²) >= 11 is 12.6. The van der Waals surface area contributed by atoms with Gasteiger partial charge in [-0.3, -0.25) is 4.79 Å². The summed E-state index contributed by atoms with van der Waals surface area (Å²) < 4.78 is 11.9. The van der Waals surface area contributed by atoms with Gasteiger partial charge in [0, 0.05) is 22.3 Å². The van der Waals surface area contributed by atoms with E-state index in [0.29, 0.717) is 45.9 Å². The molecule has 0 N–H and O–H groups in total. The van der Waals surface area contributed by atoms with Crippen LogP contribution in [0, 0.1) is 0 Å². The lowest BCUT2D eigenvalue weighted by Crippen LogP contribution is -2.12. The fourth-order valence-electron chi connectivity index (χ4n) is 3.99. The van der Waals surface area contributed by atoms with Crippen molar-refractivity contribution in [3.8, 4) is 22.6 Å². The van der Waals surface area contributed by atoms with Crippen LogP contribution in [0.25, 0.3) is 34.8 Å². The van der Waals surface area contributed by atoms with Crippen LogP contribution in [0.2, 0.25) is 10.0 Å². The van der Waals surface area contributed by atoms with Crippen LogP contribution in [-0.4, -0.2) is 5.78 Å². The summed E-state index contributed by atoms with van der Waals surface area (Å²) in [4.78, 5) is 13.1. The molecule has 0 unspecified atom stereocenters. The highest BCUT2D eigenvalue weighted by Crippen LogP contribution is 2.33. The predicted octanol–water partition coefficient (Wildman–Crippen LogP) is 8.73. The number of hydrogen-bond donors (Lipinski definition) is 0. The average Bonchev–Trinajstić information content (AvgIpc) is 3.47. The first-order valence-electron chi connectivity index (χ1n) is 10.7. The van der Waals surface area contributed by atoms with Crippen LogP contribution in [0.5, 0.6) is 0 Å². The molecular weight excluding hydrogens is 455 g/mol. The van der Waals surface area contributed by atoms with Gasteiger partial charge in [0.25, 0.3) is 0 Å². The van der Waals surface area contributed by atoms with Gasteiger partial charge >= 0.3 is 0 Å². The van der Waals surface area contributed by atoms with E-state index in [2.05, 4.69) is 0 Å². The standard InChI is InChI=1S/C28H20Cl2O3/c29-24-10-3-1-8-22(24)26-14-12-20(32-26)16-18-6-5-7-19(28(18)31)17-21-13-15-27(33-21)23-9-2-4-11-25(23)30/h1-4,8-17H,5-7H2. The number of carbonyl (C=O) groups excluding carboxylic acids is 1. The fourth-order valence-corrected chi connectivity index (χ4v) is 4.45. The molecule has 1 aliphatic carbocycles. The number of furan rings is 2. The first kappa shape index (κ1) is 21.6. The minimum Gasteiger partial charge on any atom is -0.457 e. The molecule has 1 fully saturated rings. The summed E-state index contributed by atoms with van der Waals surface area (Å²) in [5, 5.41) is 1.25. The van der Waals surface area contributed by atoms with E-state index in [9.17, 15) is 4.79 Å². The minimum absolute atomic E-state index is 0.0210. The molecule has 33 heavy (non-hydrogen) atoms. The Morgan fingerprint density at radius 1 is 0.636 bits per heavy atom. The molecule has 1 aliphatic rings. The van der Waals surface area contributed by atoms with Crippen molar-refractivity contribution in [2.45, 2.75) is 19.3 Å². The van der Waals surface area contributed by atoms with Gasteiger partial charge in [0.05, 0.1) is 10.0 Å². The van der Waals surface area contributed by atoms with Gasteiger partial charge < -0.3 is 8.83 Å². The number of carbonyl (C=O) groups is 1. The fraction of sp³-hybridized carbons (Fsp3) is 0.107. The van der Waals surface area contributed by atoms with Crippen LogP contribution in [-0.2, 0) is 4.79 Å². The maximum Gasteiger partial charge on any atom is 0.185 e. The van der Waals surface area contributed by atoms with Gasteiger partial charge in [-0.25, -0.2) is 0 Å². The topological polar surface area (TPSA) is 43.4 Å². The monoisotopic (exact) mass is 474 g/mol. The number of halogens is 2. The lowest BCUT2D eigenvalue weighted by molar-refractivity contribution is -0.112. The van der Waals surface area contributed by atoms with Gasteiger partial charge in [0.15, 0.2) is 5.78 Å². The summed E-state index contributed by atoms with van der Waals surface area (Å²) in [7, 11) is 0. The zero-order chi connectivity index (χ0) is 22.8. The van der Waals surface area contributed by atoms with Crippen molar-refractivity contribution >= 4 is 41.1 Å². The van der Waals surface area contributed by atoms with E-state index in [0.717, 1.165) is 28.7 Å².